The largest absolute Gasteiger partial charge is 0.481 e. The highest BCUT2D eigenvalue weighted by atomic mass is 16.4. The van der Waals surface area contributed by atoms with Crippen LogP contribution in [0.3, 0.4) is 0 Å². The summed E-state index contributed by atoms with van der Waals surface area (Å²) in [6.07, 6.45) is 18.0. The van der Waals surface area contributed by atoms with Gasteiger partial charge in [0.1, 0.15) is 0 Å². The van der Waals surface area contributed by atoms with E-state index in [0.29, 0.717) is 6.42 Å². The maximum atomic E-state index is 10.9. The van der Waals surface area contributed by atoms with Crippen molar-refractivity contribution in [2.24, 2.45) is 5.92 Å². The summed E-state index contributed by atoms with van der Waals surface area (Å²) in [4.78, 5) is 21.5. The topological polar surface area (TPSA) is 74.6 Å². The molecule has 0 spiro atoms. The second kappa shape index (κ2) is 16.8. The van der Waals surface area contributed by atoms with Gasteiger partial charge in [-0.25, -0.2) is 0 Å². The predicted octanol–water partition coefficient (Wildman–Crippen LogP) is 6.03. The summed E-state index contributed by atoms with van der Waals surface area (Å²) in [6, 6.07) is 0. The molecule has 1 atom stereocenters. The molecule has 1 unspecified atom stereocenters. The predicted molar refractivity (Wildman–Crippen MR) is 98.3 cm³/mol. The van der Waals surface area contributed by atoms with Crippen molar-refractivity contribution in [3.8, 4) is 0 Å². The second-order valence-electron chi connectivity index (χ2n) is 7.02. The molecule has 0 rings (SSSR count). The first-order valence-electron chi connectivity index (χ1n) is 10.0. The fourth-order valence-corrected chi connectivity index (χ4v) is 3.11. The molecule has 24 heavy (non-hydrogen) atoms. The highest BCUT2D eigenvalue weighted by Crippen LogP contribution is 2.17. The molecule has 0 aromatic heterocycles. The molecule has 2 N–H and O–H groups in total. The van der Waals surface area contributed by atoms with E-state index in [2.05, 4.69) is 6.92 Å². The minimum atomic E-state index is -1.02. The van der Waals surface area contributed by atoms with Gasteiger partial charge in [-0.1, -0.05) is 96.8 Å². The van der Waals surface area contributed by atoms with Crippen molar-refractivity contribution in [2.75, 3.05) is 0 Å². The molecule has 4 heteroatoms. The first kappa shape index (κ1) is 22.9. The van der Waals surface area contributed by atoms with Gasteiger partial charge in [0.2, 0.25) is 0 Å². The Morgan fingerprint density at radius 1 is 0.667 bits per heavy atom. The van der Waals surface area contributed by atoms with Crippen LogP contribution >= 0.6 is 0 Å². The quantitative estimate of drug-likeness (QED) is 0.298. The van der Waals surface area contributed by atoms with Crippen molar-refractivity contribution < 1.29 is 19.8 Å². The van der Waals surface area contributed by atoms with E-state index in [4.69, 9.17) is 10.2 Å². The molecule has 0 heterocycles. The number of carbonyl (C=O) groups is 2. The van der Waals surface area contributed by atoms with Crippen molar-refractivity contribution >= 4 is 11.9 Å². The Kier molecular flexibility index (Phi) is 16.0. The molecule has 0 aliphatic heterocycles. The lowest BCUT2D eigenvalue weighted by Crippen LogP contribution is -2.17. The lowest BCUT2D eigenvalue weighted by molar-refractivity contribution is -0.148. The third-order valence-electron chi connectivity index (χ3n) is 4.68. The van der Waals surface area contributed by atoms with Crippen LogP contribution < -0.4 is 0 Å². The molecule has 0 aromatic carbocycles. The van der Waals surface area contributed by atoms with Gasteiger partial charge in [-0.2, -0.15) is 0 Å². The maximum Gasteiger partial charge on any atom is 0.307 e. The number of unbranched alkanes of at least 4 members (excludes halogenated alkanes) is 13. The molecule has 0 aliphatic carbocycles. The van der Waals surface area contributed by atoms with Crippen LogP contribution in [-0.2, 0) is 9.59 Å². The van der Waals surface area contributed by atoms with E-state index < -0.39 is 17.9 Å². The molecule has 0 saturated carbocycles. The zero-order chi connectivity index (χ0) is 18.0. The second-order valence-corrected chi connectivity index (χ2v) is 7.02. The Morgan fingerprint density at radius 2 is 1.04 bits per heavy atom. The maximum absolute atomic E-state index is 10.9. The molecule has 0 aliphatic rings. The monoisotopic (exact) mass is 342 g/mol. The molecule has 4 nitrogen and oxygen atoms in total. The summed E-state index contributed by atoms with van der Waals surface area (Å²) in [5.41, 5.74) is 0. The smallest absolute Gasteiger partial charge is 0.307 e. The standard InChI is InChI=1S/C20H38O4/c1-2-3-4-5-6-7-8-9-10-11-12-13-14-15-16-18(20(23)24)17-19(21)22/h18H,2-17H2,1H3,(H,21,22)(H,23,24). The van der Waals surface area contributed by atoms with Crippen molar-refractivity contribution in [2.45, 2.75) is 110 Å². The number of carboxylic acids is 2. The number of rotatable bonds is 18. The zero-order valence-electron chi connectivity index (χ0n) is 15.6. The fraction of sp³-hybridized carbons (Fsp3) is 0.900. The SMILES string of the molecule is CCCCCCCCCCCCCCCCC(CC(=O)O)C(=O)O. The molecule has 0 fully saturated rings. The zero-order valence-corrected chi connectivity index (χ0v) is 15.6. The van der Waals surface area contributed by atoms with Gasteiger partial charge in [-0.15, -0.1) is 0 Å². The van der Waals surface area contributed by atoms with Crippen molar-refractivity contribution in [1.82, 2.24) is 0 Å². The summed E-state index contributed by atoms with van der Waals surface area (Å²) in [7, 11) is 0. The molecule has 0 aromatic rings. The number of hydrogen-bond acceptors (Lipinski definition) is 2. The lowest BCUT2D eigenvalue weighted by Gasteiger charge is -2.09. The van der Waals surface area contributed by atoms with Gasteiger partial charge >= 0.3 is 11.9 Å². The van der Waals surface area contributed by atoms with Gasteiger partial charge in [0.25, 0.3) is 0 Å². The summed E-state index contributed by atoms with van der Waals surface area (Å²) >= 11 is 0. The molecular weight excluding hydrogens is 304 g/mol. The number of carboxylic acid groups (broad SMARTS) is 2. The van der Waals surface area contributed by atoms with Crippen molar-refractivity contribution in [1.29, 1.82) is 0 Å². The van der Waals surface area contributed by atoms with E-state index in [1.165, 1.54) is 70.6 Å². The Bertz CT molecular complexity index is 315. The average Bonchev–Trinajstić information content (AvgIpc) is 2.53. The third kappa shape index (κ3) is 15.8. The number of hydrogen-bond donors (Lipinski definition) is 2. The molecular formula is C20H38O4. The van der Waals surface area contributed by atoms with Crippen molar-refractivity contribution in [3.05, 3.63) is 0 Å². The lowest BCUT2D eigenvalue weighted by atomic mass is 9.97. The van der Waals surface area contributed by atoms with Crippen LogP contribution in [-0.4, -0.2) is 22.2 Å². The van der Waals surface area contributed by atoms with Crippen LogP contribution in [0.1, 0.15) is 110 Å². The van der Waals surface area contributed by atoms with Crippen LogP contribution in [0.4, 0.5) is 0 Å². The molecule has 0 amide bonds. The first-order chi connectivity index (χ1) is 11.6. The van der Waals surface area contributed by atoms with Gasteiger partial charge < -0.3 is 10.2 Å². The summed E-state index contributed by atoms with van der Waals surface area (Å²) in [5, 5.41) is 17.6. The molecule has 0 saturated heterocycles. The van der Waals surface area contributed by atoms with Crippen LogP contribution in [0.25, 0.3) is 0 Å². The molecule has 142 valence electrons. The summed E-state index contributed by atoms with van der Waals surface area (Å²) in [6.45, 7) is 2.25. The van der Waals surface area contributed by atoms with Crippen LogP contribution in [0.5, 0.6) is 0 Å². The van der Waals surface area contributed by atoms with Crippen LogP contribution in [0.2, 0.25) is 0 Å². The third-order valence-corrected chi connectivity index (χ3v) is 4.68. The van der Waals surface area contributed by atoms with E-state index in [0.717, 1.165) is 19.3 Å². The molecule has 0 bridgehead atoms. The van der Waals surface area contributed by atoms with Crippen molar-refractivity contribution in [3.63, 3.8) is 0 Å². The Morgan fingerprint density at radius 3 is 1.38 bits per heavy atom. The number of aliphatic carboxylic acids is 2. The Balaban J connectivity index is 3.30. The van der Waals surface area contributed by atoms with Gasteiger partial charge in [0.15, 0.2) is 0 Å². The van der Waals surface area contributed by atoms with E-state index in [9.17, 15) is 9.59 Å². The normalized spacial score (nSPS) is 12.2. The van der Waals surface area contributed by atoms with E-state index in [-0.39, 0.29) is 6.42 Å². The van der Waals surface area contributed by atoms with Gasteiger partial charge in [0.05, 0.1) is 12.3 Å². The highest BCUT2D eigenvalue weighted by Gasteiger charge is 2.20. The minimum absolute atomic E-state index is 0.256. The summed E-state index contributed by atoms with van der Waals surface area (Å²) in [5.74, 6) is -2.72. The average molecular weight is 343 g/mol. The van der Waals surface area contributed by atoms with Crippen LogP contribution in [0.15, 0.2) is 0 Å². The summed E-state index contributed by atoms with van der Waals surface area (Å²) < 4.78 is 0. The van der Waals surface area contributed by atoms with E-state index in [1.807, 2.05) is 0 Å². The van der Waals surface area contributed by atoms with Gasteiger partial charge in [-0.05, 0) is 6.42 Å². The first-order valence-corrected chi connectivity index (χ1v) is 10.0. The van der Waals surface area contributed by atoms with Gasteiger partial charge in [-0.3, -0.25) is 9.59 Å². The van der Waals surface area contributed by atoms with E-state index >= 15 is 0 Å². The fourth-order valence-electron chi connectivity index (χ4n) is 3.11. The van der Waals surface area contributed by atoms with Crippen LogP contribution in [0, 0.1) is 5.92 Å². The highest BCUT2D eigenvalue weighted by molar-refractivity contribution is 5.77. The Hall–Kier alpha value is -1.06. The molecule has 0 radical (unpaired) electrons. The minimum Gasteiger partial charge on any atom is -0.481 e. The van der Waals surface area contributed by atoms with Gasteiger partial charge in [0, 0.05) is 0 Å². The Labute approximate surface area is 148 Å². The van der Waals surface area contributed by atoms with E-state index in [1.54, 1.807) is 0 Å².